The molecule has 1 aromatic heterocycles. The number of benzene rings is 1. The smallest absolute Gasteiger partial charge is 0.350 e. The highest BCUT2D eigenvalue weighted by molar-refractivity contribution is 5.44. The molecule has 90 valence electrons. The van der Waals surface area contributed by atoms with Gasteiger partial charge >= 0.3 is 5.69 Å². The lowest BCUT2D eigenvalue weighted by molar-refractivity contribution is 0.460. The largest absolute Gasteiger partial charge is 0.399 e. The first-order chi connectivity index (χ1) is 8.13. The fraction of sp³-hybridized carbons (Fsp3) is 0.333. The van der Waals surface area contributed by atoms with Crippen molar-refractivity contribution < 1.29 is 0 Å². The maximum absolute atomic E-state index is 12.1. The third kappa shape index (κ3) is 2.08. The van der Waals surface area contributed by atoms with Crippen LogP contribution in [0.2, 0.25) is 0 Å². The average Bonchev–Trinajstić information content (AvgIpc) is 2.71. The molecule has 2 aromatic rings. The molecular formula is C12H16N4O. The minimum atomic E-state index is -0.121. The molecular weight excluding hydrogens is 216 g/mol. The summed E-state index contributed by atoms with van der Waals surface area (Å²) in [5.41, 5.74) is 6.94. The molecule has 2 N–H and O–H groups in total. The van der Waals surface area contributed by atoms with Crippen LogP contribution in [0.1, 0.15) is 26.3 Å². The van der Waals surface area contributed by atoms with Gasteiger partial charge in [-0.3, -0.25) is 0 Å². The first-order valence-corrected chi connectivity index (χ1v) is 5.65. The van der Waals surface area contributed by atoms with Crippen LogP contribution < -0.4 is 11.4 Å². The van der Waals surface area contributed by atoms with E-state index in [1.807, 2.05) is 13.8 Å². The van der Waals surface area contributed by atoms with Gasteiger partial charge in [-0.25, -0.2) is 14.0 Å². The van der Waals surface area contributed by atoms with Crippen molar-refractivity contribution in [2.24, 2.45) is 0 Å². The van der Waals surface area contributed by atoms with Crippen molar-refractivity contribution >= 4 is 5.69 Å². The molecule has 1 unspecified atom stereocenters. The van der Waals surface area contributed by atoms with Crippen LogP contribution in [0.4, 0.5) is 5.69 Å². The number of nitrogens with zero attached hydrogens (tertiary/aromatic N) is 3. The van der Waals surface area contributed by atoms with Crippen LogP contribution in [0, 0.1) is 0 Å². The summed E-state index contributed by atoms with van der Waals surface area (Å²) >= 11 is 0. The normalized spacial score (nSPS) is 12.6. The van der Waals surface area contributed by atoms with Crippen molar-refractivity contribution in [3.05, 3.63) is 41.1 Å². The second kappa shape index (κ2) is 4.45. The molecule has 0 saturated heterocycles. The van der Waals surface area contributed by atoms with E-state index in [4.69, 9.17) is 5.73 Å². The van der Waals surface area contributed by atoms with Gasteiger partial charge in [0.2, 0.25) is 0 Å². The molecule has 0 aliphatic heterocycles. The minimum absolute atomic E-state index is 0.109. The molecule has 5 nitrogen and oxygen atoms in total. The maximum atomic E-state index is 12.1. The van der Waals surface area contributed by atoms with E-state index in [0.717, 1.165) is 12.1 Å². The minimum Gasteiger partial charge on any atom is -0.399 e. The van der Waals surface area contributed by atoms with E-state index in [1.165, 1.54) is 9.25 Å². The molecule has 0 aliphatic carbocycles. The summed E-state index contributed by atoms with van der Waals surface area (Å²) in [6.45, 7) is 4.00. The Morgan fingerprint density at radius 3 is 2.59 bits per heavy atom. The van der Waals surface area contributed by atoms with Crippen molar-refractivity contribution in [1.29, 1.82) is 0 Å². The predicted octanol–water partition coefficient (Wildman–Crippen LogP) is 1.59. The van der Waals surface area contributed by atoms with Gasteiger partial charge < -0.3 is 5.73 Å². The Morgan fingerprint density at radius 2 is 2.00 bits per heavy atom. The lowest BCUT2D eigenvalue weighted by Gasteiger charge is -2.06. The number of hydrogen-bond donors (Lipinski definition) is 1. The second-order valence-electron chi connectivity index (χ2n) is 4.08. The molecule has 0 aliphatic rings. The maximum Gasteiger partial charge on any atom is 0.350 e. The quantitative estimate of drug-likeness (QED) is 0.817. The zero-order valence-electron chi connectivity index (χ0n) is 10.00. The average molecular weight is 232 g/mol. The molecule has 1 atom stereocenters. The number of rotatable bonds is 3. The van der Waals surface area contributed by atoms with E-state index in [2.05, 4.69) is 5.10 Å². The summed E-state index contributed by atoms with van der Waals surface area (Å²) in [6.07, 6.45) is 2.42. The highest BCUT2D eigenvalue weighted by Crippen LogP contribution is 2.10. The van der Waals surface area contributed by atoms with Crippen LogP contribution in [0.3, 0.4) is 0 Å². The van der Waals surface area contributed by atoms with Gasteiger partial charge in [0.15, 0.2) is 0 Å². The number of aromatic nitrogens is 3. The van der Waals surface area contributed by atoms with Crippen molar-refractivity contribution in [2.75, 3.05) is 5.73 Å². The summed E-state index contributed by atoms with van der Waals surface area (Å²) in [7, 11) is 0. The molecule has 0 amide bonds. The standard InChI is InChI=1S/C12H16N4O/c1-3-9(2)16-12(17)15(8-14-16)11-6-4-10(13)5-7-11/h4-9H,3,13H2,1-2H3. The predicted molar refractivity (Wildman–Crippen MR) is 67.2 cm³/mol. The molecule has 2 rings (SSSR count). The van der Waals surface area contributed by atoms with Crippen LogP contribution in [-0.2, 0) is 0 Å². The van der Waals surface area contributed by atoms with Gasteiger partial charge in [0.05, 0.1) is 11.7 Å². The van der Waals surface area contributed by atoms with Gasteiger partial charge in [-0.05, 0) is 37.6 Å². The molecule has 0 radical (unpaired) electrons. The summed E-state index contributed by atoms with van der Waals surface area (Å²) in [5.74, 6) is 0. The molecule has 0 fully saturated rings. The Morgan fingerprint density at radius 1 is 1.35 bits per heavy atom. The Hall–Kier alpha value is -2.04. The topological polar surface area (TPSA) is 65.8 Å². The first kappa shape index (κ1) is 11.4. The second-order valence-corrected chi connectivity index (χ2v) is 4.08. The first-order valence-electron chi connectivity index (χ1n) is 5.65. The summed E-state index contributed by atoms with van der Waals surface area (Å²) in [4.78, 5) is 12.1. The van der Waals surface area contributed by atoms with Crippen LogP contribution in [0.25, 0.3) is 5.69 Å². The van der Waals surface area contributed by atoms with E-state index in [-0.39, 0.29) is 11.7 Å². The third-order valence-electron chi connectivity index (χ3n) is 2.87. The molecule has 1 aromatic carbocycles. The zero-order valence-corrected chi connectivity index (χ0v) is 10.00. The summed E-state index contributed by atoms with van der Waals surface area (Å²) in [6, 6.07) is 7.25. The lowest BCUT2D eigenvalue weighted by Crippen LogP contribution is -2.26. The van der Waals surface area contributed by atoms with Gasteiger partial charge in [0.1, 0.15) is 6.33 Å². The summed E-state index contributed by atoms with van der Waals surface area (Å²) < 4.78 is 3.02. The van der Waals surface area contributed by atoms with Crippen molar-refractivity contribution in [3.8, 4) is 5.69 Å². The molecule has 1 heterocycles. The van der Waals surface area contributed by atoms with Crippen LogP contribution in [0.15, 0.2) is 35.4 Å². The number of nitrogens with two attached hydrogens (primary N) is 1. The van der Waals surface area contributed by atoms with Gasteiger partial charge in [-0.1, -0.05) is 6.92 Å². The summed E-state index contributed by atoms with van der Waals surface area (Å²) in [5, 5.41) is 4.12. The number of anilines is 1. The van der Waals surface area contributed by atoms with Crippen LogP contribution in [0.5, 0.6) is 0 Å². The Bertz CT molecular complexity index is 553. The van der Waals surface area contributed by atoms with E-state index in [0.29, 0.717) is 5.69 Å². The van der Waals surface area contributed by atoms with Crippen molar-refractivity contribution in [2.45, 2.75) is 26.3 Å². The fourth-order valence-corrected chi connectivity index (χ4v) is 1.60. The van der Waals surface area contributed by atoms with Crippen LogP contribution in [-0.4, -0.2) is 14.3 Å². The molecule has 5 heteroatoms. The van der Waals surface area contributed by atoms with Gasteiger partial charge in [-0.2, -0.15) is 5.10 Å². The van der Waals surface area contributed by atoms with Crippen molar-refractivity contribution in [1.82, 2.24) is 14.3 Å². The SMILES string of the molecule is CCC(C)n1ncn(-c2ccc(N)cc2)c1=O. The van der Waals surface area contributed by atoms with E-state index < -0.39 is 0 Å². The van der Waals surface area contributed by atoms with Crippen molar-refractivity contribution in [3.63, 3.8) is 0 Å². The monoisotopic (exact) mass is 232 g/mol. The molecule has 0 saturated carbocycles. The number of nitrogen functional groups attached to an aromatic ring is 1. The highest BCUT2D eigenvalue weighted by atomic mass is 16.2. The van der Waals surface area contributed by atoms with Gasteiger partial charge in [-0.15, -0.1) is 0 Å². The Labute approximate surface area is 99.5 Å². The van der Waals surface area contributed by atoms with Crippen LogP contribution >= 0.6 is 0 Å². The van der Waals surface area contributed by atoms with E-state index in [9.17, 15) is 4.79 Å². The molecule has 0 bridgehead atoms. The zero-order chi connectivity index (χ0) is 12.4. The van der Waals surface area contributed by atoms with E-state index in [1.54, 1.807) is 30.6 Å². The molecule has 17 heavy (non-hydrogen) atoms. The number of hydrogen-bond acceptors (Lipinski definition) is 3. The Kier molecular flexibility index (Phi) is 2.99. The highest BCUT2D eigenvalue weighted by Gasteiger charge is 2.10. The fourth-order valence-electron chi connectivity index (χ4n) is 1.60. The Balaban J connectivity index is 2.44. The van der Waals surface area contributed by atoms with Gasteiger partial charge in [0.25, 0.3) is 0 Å². The molecule has 0 spiro atoms. The van der Waals surface area contributed by atoms with E-state index >= 15 is 0 Å². The third-order valence-corrected chi connectivity index (χ3v) is 2.87. The lowest BCUT2D eigenvalue weighted by atomic mass is 10.3. The van der Waals surface area contributed by atoms with Gasteiger partial charge in [0, 0.05) is 5.69 Å².